The number of nitrogens with zero attached hydrogens (tertiary/aromatic N) is 2. The standard InChI is InChI=1S/C12H10Cl2F3N3/c1-20-10(14)5-19-11(20)6-18-9-3-2-7(4-8(9)13)12(15,16)17/h2-5,18H,6H2,1H3. The number of alkyl halides is 3. The molecule has 0 aliphatic rings. The second kappa shape index (κ2) is 5.54. The Labute approximate surface area is 123 Å². The van der Waals surface area contributed by atoms with Crippen molar-refractivity contribution in [2.75, 3.05) is 5.32 Å². The van der Waals surface area contributed by atoms with Crippen LogP contribution in [0.1, 0.15) is 11.4 Å². The Morgan fingerprint density at radius 2 is 2.00 bits per heavy atom. The quantitative estimate of drug-likeness (QED) is 0.909. The molecule has 1 aromatic carbocycles. The fourth-order valence-corrected chi connectivity index (χ4v) is 1.99. The van der Waals surface area contributed by atoms with Crippen LogP contribution in [0, 0.1) is 0 Å². The van der Waals surface area contributed by atoms with Gasteiger partial charge in [0, 0.05) is 7.05 Å². The van der Waals surface area contributed by atoms with Gasteiger partial charge < -0.3 is 9.88 Å². The molecule has 20 heavy (non-hydrogen) atoms. The lowest BCUT2D eigenvalue weighted by Crippen LogP contribution is -2.08. The van der Waals surface area contributed by atoms with Crippen molar-refractivity contribution in [3.63, 3.8) is 0 Å². The van der Waals surface area contributed by atoms with Gasteiger partial charge in [-0.05, 0) is 18.2 Å². The summed E-state index contributed by atoms with van der Waals surface area (Å²) in [5.74, 6) is 0.644. The molecule has 0 atom stereocenters. The van der Waals surface area contributed by atoms with Crippen molar-refractivity contribution in [2.45, 2.75) is 12.7 Å². The Balaban J connectivity index is 2.13. The maximum atomic E-state index is 12.5. The Bertz CT molecular complexity index is 623. The normalized spacial score (nSPS) is 11.7. The lowest BCUT2D eigenvalue weighted by molar-refractivity contribution is -0.137. The molecule has 0 saturated carbocycles. The molecule has 0 spiro atoms. The van der Waals surface area contributed by atoms with Crippen LogP contribution in [0.4, 0.5) is 18.9 Å². The van der Waals surface area contributed by atoms with E-state index < -0.39 is 11.7 Å². The van der Waals surface area contributed by atoms with Gasteiger partial charge in [0.2, 0.25) is 0 Å². The average molecular weight is 324 g/mol. The third-order valence-corrected chi connectivity index (χ3v) is 3.42. The summed E-state index contributed by atoms with van der Waals surface area (Å²) in [6, 6.07) is 3.14. The third-order valence-electron chi connectivity index (χ3n) is 2.76. The summed E-state index contributed by atoms with van der Waals surface area (Å²) >= 11 is 11.7. The molecule has 8 heteroatoms. The summed E-state index contributed by atoms with van der Waals surface area (Å²) in [5.41, 5.74) is -0.383. The first kappa shape index (κ1) is 15.0. The molecule has 0 bridgehead atoms. The molecule has 0 aliphatic carbocycles. The van der Waals surface area contributed by atoms with E-state index in [-0.39, 0.29) is 5.02 Å². The molecule has 1 aromatic heterocycles. The van der Waals surface area contributed by atoms with Gasteiger partial charge >= 0.3 is 6.18 Å². The van der Waals surface area contributed by atoms with E-state index >= 15 is 0 Å². The largest absolute Gasteiger partial charge is 0.416 e. The lowest BCUT2D eigenvalue weighted by atomic mass is 10.2. The van der Waals surface area contributed by atoms with E-state index in [0.717, 1.165) is 12.1 Å². The van der Waals surface area contributed by atoms with Crippen molar-refractivity contribution in [3.05, 3.63) is 46.0 Å². The summed E-state index contributed by atoms with van der Waals surface area (Å²) in [4.78, 5) is 4.06. The Morgan fingerprint density at radius 1 is 1.30 bits per heavy atom. The van der Waals surface area contributed by atoms with E-state index in [1.807, 2.05) is 0 Å². The van der Waals surface area contributed by atoms with E-state index in [9.17, 15) is 13.2 Å². The van der Waals surface area contributed by atoms with Crippen molar-refractivity contribution in [2.24, 2.45) is 7.05 Å². The second-order valence-corrected chi connectivity index (χ2v) is 4.90. The Kier molecular flexibility index (Phi) is 4.15. The van der Waals surface area contributed by atoms with Gasteiger partial charge in [-0.2, -0.15) is 13.2 Å². The predicted molar refractivity (Wildman–Crippen MR) is 72.0 cm³/mol. The molecule has 0 unspecified atom stereocenters. The van der Waals surface area contributed by atoms with Gasteiger partial charge in [-0.1, -0.05) is 23.2 Å². The zero-order valence-electron chi connectivity index (χ0n) is 10.3. The van der Waals surface area contributed by atoms with E-state index in [2.05, 4.69) is 10.3 Å². The smallest absolute Gasteiger partial charge is 0.377 e. The van der Waals surface area contributed by atoms with Gasteiger partial charge in [0.1, 0.15) is 11.0 Å². The maximum Gasteiger partial charge on any atom is 0.416 e. The van der Waals surface area contributed by atoms with Crippen molar-refractivity contribution in [1.82, 2.24) is 9.55 Å². The summed E-state index contributed by atoms with van der Waals surface area (Å²) in [6.07, 6.45) is -2.91. The highest BCUT2D eigenvalue weighted by Gasteiger charge is 2.30. The summed E-state index contributed by atoms with van der Waals surface area (Å²) in [7, 11) is 1.74. The van der Waals surface area contributed by atoms with Crippen molar-refractivity contribution < 1.29 is 13.2 Å². The minimum absolute atomic E-state index is 0.000121. The fraction of sp³-hybridized carbons (Fsp3) is 0.250. The summed E-state index contributed by atoms with van der Waals surface area (Å²) < 4.78 is 39.2. The zero-order chi connectivity index (χ0) is 14.9. The molecule has 2 aromatic rings. The minimum atomic E-state index is -4.41. The van der Waals surface area contributed by atoms with E-state index in [4.69, 9.17) is 23.2 Å². The zero-order valence-corrected chi connectivity index (χ0v) is 11.8. The van der Waals surface area contributed by atoms with Gasteiger partial charge in [0.05, 0.1) is 29.0 Å². The van der Waals surface area contributed by atoms with Gasteiger partial charge in [-0.15, -0.1) is 0 Å². The highest BCUT2D eigenvalue weighted by atomic mass is 35.5. The number of anilines is 1. The molecule has 0 fully saturated rings. The average Bonchev–Trinajstić information content (AvgIpc) is 2.67. The molecule has 108 valence electrons. The third kappa shape index (κ3) is 3.19. The van der Waals surface area contributed by atoms with Crippen LogP contribution >= 0.6 is 23.2 Å². The van der Waals surface area contributed by atoms with E-state index in [1.165, 1.54) is 12.3 Å². The number of benzene rings is 1. The van der Waals surface area contributed by atoms with Gasteiger partial charge in [-0.3, -0.25) is 0 Å². The van der Waals surface area contributed by atoms with Crippen LogP contribution in [0.3, 0.4) is 0 Å². The summed E-state index contributed by atoms with van der Waals surface area (Å²) in [5, 5.41) is 3.39. The SMILES string of the molecule is Cn1c(Cl)cnc1CNc1ccc(C(F)(F)F)cc1Cl. The molecular formula is C12H10Cl2F3N3. The molecule has 3 nitrogen and oxygen atoms in total. The maximum absolute atomic E-state index is 12.5. The van der Waals surface area contributed by atoms with Gasteiger partial charge in [-0.25, -0.2) is 4.98 Å². The topological polar surface area (TPSA) is 29.9 Å². The molecule has 0 radical (unpaired) electrons. The van der Waals surface area contributed by atoms with E-state index in [0.29, 0.717) is 23.2 Å². The monoisotopic (exact) mass is 323 g/mol. The van der Waals surface area contributed by atoms with Gasteiger partial charge in [0.25, 0.3) is 0 Å². The molecule has 0 amide bonds. The van der Waals surface area contributed by atoms with Crippen LogP contribution < -0.4 is 5.32 Å². The number of imidazole rings is 1. The molecular weight excluding hydrogens is 314 g/mol. The molecule has 2 rings (SSSR count). The minimum Gasteiger partial charge on any atom is -0.377 e. The van der Waals surface area contributed by atoms with Crippen molar-refractivity contribution in [1.29, 1.82) is 0 Å². The first-order valence-corrected chi connectivity index (χ1v) is 6.31. The Morgan fingerprint density at radius 3 is 2.50 bits per heavy atom. The van der Waals surface area contributed by atoms with Crippen molar-refractivity contribution in [3.8, 4) is 0 Å². The number of rotatable bonds is 3. The van der Waals surface area contributed by atoms with Crippen LogP contribution in [0.15, 0.2) is 24.4 Å². The highest BCUT2D eigenvalue weighted by molar-refractivity contribution is 6.33. The lowest BCUT2D eigenvalue weighted by Gasteiger charge is -2.11. The number of hydrogen-bond acceptors (Lipinski definition) is 2. The van der Waals surface area contributed by atoms with Crippen LogP contribution in [-0.4, -0.2) is 9.55 Å². The molecule has 1 heterocycles. The van der Waals surface area contributed by atoms with Crippen LogP contribution in [-0.2, 0) is 19.8 Å². The van der Waals surface area contributed by atoms with Gasteiger partial charge in [0.15, 0.2) is 0 Å². The van der Waals surface area contributed by atoms with Crippen LogP contribution in [0.25, 0.3) is 0 Å². The molecule has 0 aliphatic heterocycles. The second-order valence-electron chi connectivity index (χ2n) is 4.10. The first-order valence-electron chi connectivity index (χ1n) is 5.55. The highest BCUT2D eigenvalue weighted by Crippen LogP contribution is 2.33. The predicted octanol–water partition coefficient (Wildman–Crippen LogP) is 4.36. The number of aromatic nitrogens is 2. The summed E-state index contributed by atoms with van der Waals surface area (Å²) in [6.45, 7) is 0.300. The van der Waals surface area contributed by atoms with Crippen LogP contribution in [0.5, 0.6) is 0 Å². The fourth-order valence-electron chi connectivity index (χ4n) is 1.60. The Hall–Kier alpha value is -1.40. The first-order chi connectivity index (χ1) is 9.29. The number of halogens is 5. The van der Waals surface area contributed by atoms with E-state index in [1.54, 1.807) is 11.6 Å². The van der Waals surface area contributed by atoms with Crippen molar-refractivity contribution >= 4 is 28.9 Å². The molecule has 0 saturated heterocycles. The van der Waals surface area contributed by atoms with Crippen LogP contribution in [0.2, 0.25) is 10.2 Å². The molecule has 1 N–H and O–H groups in total. The number of nitrogens with one attached hydrogen (secondary N) is 1. The number of hydrogen-bond donors (Lipinski definition) is 1.